The molecule has 1 saturated carbocycles. The average molecular weight is 184 g/mol. The van der Waals surface area contributed by atoms with Gasteiger partial charge in [0.1, 0.15) is 5.78 Å². The van der Waals surface area contributed by atoms with Crippen LogP contribution in [0.15, 0.2) is 0 Å². The summed E-state index contributed by atoms with van der Waals surface area (Å²) in [5, 5.41) is 0. The smallest absolute Gasteiger partial charge is 0.312 e. The lowest BCUT2D eigenvalue weighted by molar-refractivity contribution is -0.154. The van der Waals surface area contributed by atoms with Gasteiger partial charge in [-0.1, -0.05) is 6.92 Å². The van der Waals surface area contributed by atoms with Crippen molar-refractivity contribution in [2.75, 3.05) is 6.61 Å². The molecule has 1 rings (SSSR count). The van der Waals surface area contributed by atoms with Crippen LogP contribution in [0.1, 0.15) is 33.6 Å². The molecule has 0 spiro atoms. The predicted molar refractivity (Wildman–Crippen MR) is 48.1 cm³/mol. The van der Waals surface area contributed by atoms with Gasteiger partial charge in [-0.3, -0.25) is 9.59 Å². The Morgan fingerprint density at radius 3 is 2.69 bits per heavy atom. The molecule has 1 aliphatic rings. The molecule has 0 bridgehead atoms. The van der Waals surface area contributed by atoms with Crippen LogP contribution in [0, 0.1) is 11.3 Å². The standard InChI is InChI=1S/C10H16O3/c1-4-13-9(12)10(3)5-7(2)8(11)6-10/h7H,4-6H2,1-3H3/t7-,10-/m1/s1. The Morgan fingerprint density at radius 1 is 1.69 bits per heavy atom. The SMILES string of the molecule is CCOC(=O)[C@@]1(C)CC(=O)[C@H](C)C1. The first-order chi connectivity index (χ1) is 5.99. The zero-order valence-corrected chi connectivity index (χ0v) is 8.42. The Kier molecular flexibility index (Phi) is 2.74. The Labute approximate surface area is 78.5 Å². The molecule has 1 aliphatic carbocycles. The van der Waals surface area contributed by atoms with Crippen LogP contribution in [0.2, 0.25) is 0 Å². The van der Waals surface area contributed by atoms with E-state index in [9.17, 15) is 9.59 Å². The summed E-state index contributed by atoms with van der Waals surface area (Å²) in [7, 11) is 0. The minimum absolute atomic E-state index is 0.00871. The van der Waals surface area contributed by atoms with E-state index in [1.165, 1.54) is 0 Å². The van der Waals surface area contributed by atoms with Crippen molar-refractivity contribution < 1.29 is 14.3 Å². The molecule has 0 amide bonds. The number of ether oxygens (including phenoxy) is 1. The summed E-state index contributed by atoms with van der Waals surface area (Å²) >= 11 is 0. The molecule has 13 heavy (non-hydrogen) atoms. The van der Waals surface area contributed by atoms with E-state index >= 15 is 0 Å². The number of hydrogen-bond donors (Lipinski definition) is 0. The normalized spacial score (nSPS) is 33.5. The van der Waals surface area contributed by atoms with Gasteiger partial charge in [-0.25, -0.2) is 0 Å². The third kappa shape index (κ3) is 1.90. The van der Waals surface area contributed by atoms with E-state index in [0.717, 1.165) is 0 Å². The number of ketones is 1. The first-order valence-corrected chi connectivity index (χ1v) is 4.69. The van der Waals surface area contributed by atoms with Gasteiger partial charge in [0.25, 0.3) is 0 Å². The van der Waals surface area contributed by atoms with Gasteiger partial charge < -0.3 is 4.74 Å². The van der Waals surface area contributed by atoms with Crippen LogP contribution in [0.4, 0.5) is 0 Å². The second-order valence-corrected chi connectivity index (χ2v) is 4.03. The molecule has 74 valence electrons. The maximum Gasteiger partial charge on any atom is 0.312 e. The van der Waals surface area contributed by atoms with Gasteiger partial charge in [-0.15, -0.1) is 0 Å². The number of rotatable bonds is 2. The third-order valence-electron chi connectivity index (χ3n) is 2.64. The van der Waals surface area contributed by atoms with E-state index in [-0.39, 0.29) is 17.7 Å². The van der Waals surface area contributed by atoms with Gasteiger partial charge in [0.15, 0.2) is 0 Å². The number of esters is 1. The zero-order valence-electron chi connectivity index (χ0n) is 8.42. The van der Waals surface area contributed by atoms with Crippen LogP contribution >= 0.6 is 0 Å². The predicted octanol–water partition coefficient (Wildman–Crippen LogP) is 1.55. The number of carbonyl (C=O) groups is 2. The van der Waals surface area contributed by atoms with Crippen molar-refractivity contribution in [1.82, 2.24) is 0 Å². The van der Waals surface area contributed by atoms with E-state index < -0.39 is 5.41 Å². The molecule has 0 unspecified atom stereocenters. The van der Waals surface area contributed by atoms with Gasteiger partial charge in [0, 0.05) is 12.3 Å². The van der Waals surface area contributed by atoms with Crippen molar-refractivity contribution in [1.29, 1.82) is 0 Å². The minimum atomic E-state index is -0.563. The van der Waals surface area contributed by atoms with Crippen LogP contribution in [0.5, 0.6) is 0 Å². The largest absolute Gasteiger partial charge is 0.466 e. The molecule has 0 aromatic carbocycles. The molecule has 0 aliphatic heterocycles. The highest BCUT2D eigenvalue weighted by Gasteiger charge is 2.45. The van der Waals surface area contributed by atoms with Gasteiger partial charge in [0.05, 0.1) is 12.0 Å². The maximum atomic E-state index is 11.5. The minimum Gasteiger partial charge on any atom is -0.466 e. The Bertz CT molecular complexity index is 234. The average Bonchev–Trinajstić information content (AvgIpc) is 2.28. The van der Waals surface area contributed by atoms with E-state index in [0.29, 0.717) is 19.4 Å². The fraction of sp³-hybridized carbons (Fsp3) is 0.800. The Hall–Kier alpha value is -0.860. The topological polar surface area (TPSA) is 43.4 Å². The Morgan fingerprint density at radius 2 is 2.31 bits per heavy atom. The molecule has 0 heterocycles. The molecule has 3 heteroatoms. The summed E-state index contributed by atoms with van der Waals surface area (Å²) in [6, 6.07) is 0. The fourth-order valence-electron chi connectivity index (χ4n) is 1.88. The van der Waals surface area contributed by atoms with Crippen molar-refractivity contribution in [2.24, 2.45) is 11.3 Å². The molecule has 0 aromatic heterocycles. The molecule has 0 radical (unpaired) electrons. The van der Waals surface area contributed by atoms with E-state index in [1.54, 1.807) is 6.92 Å². The van der Waals surface area contributed by atoms with Crippen LogP contribution in [-0.4, -0.2) is 18.4 Å². The third-order valence-corrected chi connectivity index (χ3v) is 2.64. The van der Waals surface area contributed by atoms with E-state index in [2.05, 4.69) is 0 Å². The van der Waals surface area contributed by atoms with E-state index in [1.807, 2.05) is 13.8 Å². The summed E-state index contributed by atoms with van der Waals surface area (Å²) in [5.74, 6) is -0.0438. The van der Waals surface area contributed by atoms with E-state index in [4.69, 9.17) is 4.74 Å². The fourth-order valence-corrected chi connectivity index (χ4v) is 1.88. The summed E-state index contributed by atoms with van der Waals surface area (Å²) in [6.07, 6.45) is 0.970. The molecule has 0 aromatic rings. The highest BCUT2D eigenvalue weighted by Crippen LogP contribution is 2.39. The lowest BCUT2D eigenvalue weighted by Gasteiger charge is -2.19. The van der Waals surface area contributed by atoms with Gasteiger partial charge >= 0.3 is 5.97 Å². The Balaban J connectivity index is 2.68. The first kappa shape index (κ1) is 10.2. The van der Waals surface area contributed by atoms with Gasteiger partial charge in [-0.2, -0.15) is 0 Å². The second kappa shape index (κ2) is 3.48. The number of carbonyl (C=O) groups excluding carboxylic acids is 2. The highest BCUT2D eigenvalue weighted by molar-refractivity contribution is 5.91. The van der Waals surface area contributed by atoms with Crippen molar-refractivity contribution in [3.05, 3.63) is 0 Å². The quantitative estimate of drug-likeness (QED) is 0.611. The molecule has 0 N–H and O–H groups in total. The lowest BCUT2D eigenvalue weighted by Crippen LogP contribution is -2.27. The van der Waals surface area contributed by atoms with Crippen molar-refractivity contribution in [3.63, 3.8) is 0 Å². The molecule has 1 fully saturated rings. The molecular formula is C10H16O3. The number of Topliss-reactive ketones (excluding diaryl/α,β-unsaturated/α-hetero) is 1. The second-order valence-electron chi connectivity index (χ2n) is 4.03. The van der Waals surface area contributed by atoms with Crippen LogP contribution in [0.3, 0.4) is 0 Å². The number of hydrogen-bond acceptors (Lipinski definition) is 3. The van der Waals surface area contributed by atoms with Crippen molar-refractivity contribution >= 4 is 11.8 Å². The molecule has 0 saturated heterocycles. The zero-order chi connectivity index (χ0) is 10.1. The van der Waals surface area contributed by atoms with Crippen LogP contribution in [-0.2, 0) is 14.3 Å². The van der Waals surface area contributed by atoms with Crippen molar-refractivity contribution in [2.45, 2.75) is 33.6 Å². The van der Waals surface area contributed by atoms with Crippen molar-refractivity contribution in [3.8, 4) is 0 Å². The molecule has 2 atom stereocenters. The molecule has 3 nitrogen and oxygen atoms in total. The maximum absolute atomic E-state index is 11.5. The van der Waals surface area contributed by atoms with Crippen LogP contribution in [0.25, 0.3) is 0 Å². The monoisotopic (exact) mass is 184 g/mol. The van der Waals surface area contributed by atoms with Crippen LogP contribution < -0.4 is 0 Å². The van der Waals surface area contributed by atoms with Gasteiger partial charge in [-0.05, 0) is 20.3 Å². The first-order valence-electron chi connectivity index (χ1n) is 4.69. The summed E-state index contributed by atoms with van der Waals surface area (Å²) in [4.78, 5) is 22.8. The summed E-state index contributed by atoms with van der Waals surface area (Å²) in [5.41, 5.74) is -0.563. The summed E-state index contributed by atoms with van der Waals surface area (Å²) < 4.78 is 4.93. The van der Waals surface area contributed by atoms with Gasteiger partial charge in [0.2, 0.25) is 0 Å². The molecular weight excluding hydrogens is 168 g/mol. The lowest BCUT2D eigenvalue weighted by atomic mass is 9.88. The summed E-state index contributed by atoms with van der Waals surface area (Å²) in [6.45, 7) is 5.84. The highest BCUT2D eigenvalue weighted by atomic mass is 16.5.